The Morgan fingerprint density at radius 3 is 3.05 bits per heavy atom. The number of furan rings is 1. The van der Waals surface area contributed by atoms with Gasteiger partial charge in [-0.05, 0) is 25.2 Å². The van der Waals surface area contributed by atoms with Gasteiger partial charge in [0.1, 0.15) is 12.0 Å². The second-order valence-electron chi connectivity index (χ2n) is 4.58. The van der Waals surface area contributed by atoms with Crippen molar-refractivity contribution >= 4 is 5.91 Å². The van der Waals surface area contributed by atoms with Crippen LogP contribution in [0.15, 0.2) is 41.1 Å². The molecule has 0 spiro atoms. The zero-order valence-electron chi connectivity index (χ0n) is 11.4. The lowest BCUT2D eigenvalue weighted by Crippen LogP contribution is -2.29. The van der Waals surface area contributed by atoms with E-state index in [-0.39, 0.29) is 5.91 Å². The number of hydrogen-bond acceptors (Lipinski definition) is 5. The molecule has 2 rings (SSSR count). The van der Waals surface area contributed by atoms with E-state index in [0.717, 1.165) is 24.4 Å². The number of carbonyl (C=O) groups is 1. The number of nitrogen functional groups attached to an aromatic ring is 1. The molecule has 0 aliphatic carbocycles. The Morgan fingerprint density at radius 2 is 2.35 bits per heavy atom. The fraction of sp³-hybridized carbons (Fsp3) is 0.286. The van der Waals surface area contributed by atoms with Gasteiger partial charge in [0, 0.05) is 24.9 Å². The highest BCUT2D eigenvalue weighted by Crippen LogP contribution is 2.10. The molecule has 0 aliphatic heterocycles. The van der Waals surface area contributed by atoms with E-state index in [4.69, 9.17) is 10.3 Å². The molecule has 0 radical (unpaired) electrons. The minimum Gasteiger partial charge on any atom is -0.467 e. The summed E-state index contributed by atoms with van der Waals surface area (Å²) in [6.45, 7) is 1.49. The molecule has 0 saturated carbocycles. The Morgan fingerprint density at radius 1 is 1.50 bits per heavy atom. The van der Waals surface area contributed by atoms with Crippen LogP contribution >= 0.6 is 0 Å². The molecule has 2 heterocycles. The number of carbonyl (C=O) groups excluding carboxylic acids is 1. The predicted octanol–water partition coefficient (Wildman–Crippen LogP) is 0.953. The molecule has 0 saturated heterocycles. The van der Waals surface area contributed by atoms with Gasteiger partial charge in [0.05, 0.1) is 12.1 Å². The third-order valence-electron chi connectivity index (χ3n) is 2.95. The van der Waals surface area contributed by atoms with Gasteiger partial charge < -0.3 is 4.42 Å². The van der Waals surface area contributed by atoms with Crippen LogP contribution in [-0.2, 0) is 13.0 Å². The monoisotopic (exact) mass is 274 g/mol. The van der Waals surface area contributed by atoms with E-state index in [1.165, 1.54) is 6.26 Å². The quantitative estimate of drug-likeness (QED) is 0.465. The van der Waals surface area contributed by atoms with Crippen molar-refractivity contribution in [2.24, 2.45) is 5.84 Å². The van der Waals surface area contributed by atoms with Gasteiger partial charge in [-0.15, -0.1) is 0 Å². The molecule has 0 unspecified atom stereocenters. The first-order valence-electron chi connectivity index (χ1n) is 6.36. The Labute approximate surface area is 117 Å². The number of amides is 1. The van der Waals surface area contributed by atoms with Crippen molar-refractivity contribution in [1.82, 2.24) is 15.3 Å². The molecule has 3 N–H and O–H groups in total. The van der Waals surface area contributed by atoms with Crippen LogP contribution in [0.25, 0.3) is 0 Å². The summed E-state index contributed by atoms with van der Waals surface area (Å²) >= 11 is 0. The SMILES string of the molecule is CN(CCc1ccccn1)Cc1cc(C(=O)NN)co1. The summed E-state index contributed by atoms with van der Waals surface area (Å²) in [4.78, 5) is 17.7. The Bertz CT molecular complexity index is 553. The van der Waals surface area contributed by atoms with E-state index in [2.05, 4.69) is 15.3 Å². The molecule has 106 valence electrons. The fourth-order valence-corrected chi connectivity index (χ4v) is 1.86. The molecule has 0 aromatic carbocycles. The summed E-state index contributed by atoms with van der Waals surface area (Å²) in [5.41, 5.74) is 3.56. The summed E-state index contributed by atoms with van der Waals surface area (Å²) in [7, 11) is 1.99. The standard InChI is InChI=1S/C14H18N4O2/c1-18(7-5-12-4-2-3-6-16-12)9-13-8-11(10-20-13)14(19)17-15/h2-4,6,8,10H,5,7,9,15H2,1H3,(H,17,19). The molecule has 2 aromatic heterocycles. The van der Waals surface area contributed by atoms with Crippen molar-refractivity contribution in [1.29, 1.82) is 0 Å². The lowest BCUT2D eigenvalue weighted by Gasteiger charge is -2.14. The normalized spacial score (nSPS) is 10.8. The van der Waals surface area contributed by atoms with Gasteiger partial charge in [-0.2, -0.15) is 0 Å². The molecule has 0 bridgehead atoms. The van der Waals surface area contributed by atoms with Crippen LogP contribution in [-0.4, -0.2) is 29.4 Å². The maximum absolute atomic E-state index is 11.3. The number of hydrogen-bond donors (Lipinski definition) is 2. The topological polar surface area (TPSA) is 84.4 Å². The van der Waals surface area contributed by atoms with Crippen molar-refractivity contribution in [2.45, 2.75) is 13.0 Å². The second-order valence-corrected chi connectivity index (χ2v) is 4.58. The summed E-state index contributed by atoms with van der Waals surface area (Å²) < 4.78 is 5.34. The van der Waals surface area contributed by atoms with Gasteiger partial charge in [0.2, 0.25) is 0 Å². The van der Waals surface area contributed by atoms with Crippen LogP contribution in [0.5, 0.6) is 0 Å². The molecule has 0 fully saturated rings. The molecule has 2 aromatic rings. The molecule has 6 nitrogen and oxygen atoms in total. The van der Waals surface area contributed by atoms with Crippen LogP contribution < -0.4 is 11.3 Å². The zero-order valence-corrected chi connectivity index (χ0v) is 11.4. The van der Waals surface area contributed by atoms with Crippen molar-refractivity contribution in [3.05, 3.63) is 53.7 Å². The number of hydrazine groups is 1. The molecule has 20 heavy (non-hydrogen) atoms. The first-order chi connectivity index (χ1) is 9.69. The highest BCUT2D eigenvalue weighted by Gasteiger charge is 2.10. The molecule has 0 atom stereocenters. The van der Waals surface area contributed by atoms with Crippen molar-refractivity contribution in [3.8, 4) is 0 Å². The van der Waals surface area contributed by atoms with E-state index >= 15 is 0 Å². The van der Waals surface area contributed by atoms with Crippen LogP contribution in [0.4, 0.5) is 0 Å². The van der Waals surface area contributed by atoms with Crippen molar-refractivity contribution in [2.75, 3.05) is 13.6 Å². The Hall–Kier alpha value is -2.18. The van der Waals surface area contributed by atoms with Gasteiger partial charge in [0.15, 0.2) is 0 Å². The van der Waals surface area contributed by atoms with E-state index in [0.29, 0.717) is 12.1 Å². The number of aromatic nitrogens is 1. The van der Waals surface area contributed by atoms with Gasteiger partial charge in [-0.25, -0.2) is 5.84 Å². The van der Waals surface area contributed by atoms with Crippen molar-refractivity contribution in [3.63, 3.8) is 0 Å². The highest BCUT2D eigenvalue weighted by atomic mass is 16.3. The number of nitrogens with two attached hydrogens (primary N) is 1. The van der Waals surface area contributed by atoms with E-state index in [1.807, 2.05) is 25.2 Å². The molecular formula is C14H18N4O2. The third kappa shape index (κ3) is 3.91. The summed E-state index contributed by atoms with van der Waals surface area (Å²) in [5.74, 6) is 5.45. The third-order valence-corrected chi connectivity index (χ3v) is 2.95. The number of nitrogens with one attached hydrogen (secondary N) is 1. The van der Waals surface area contributed by atoms with Crippen LogP contribution in [0.2, 0.25) is 0 Å². The zero-order chi connectivity index (χ0) is 14.4. The number of rotatable bonds is 6. The van der Waals surface area contributed by atoms with Crippen LogP contribution in [0, 0.1) is 0 Å². The van der Waals surface area contributed by atoms with Crippen LogP contribution in [0.3, 0.4) is 0 Å². The van der Waals surface area contributed by atoms with E-state index < -0.39 is 0 Å². The highest BCUT2D eigenvalue weighted by molar-refractivity contribution is 5.93. The molecular weight excluding hydrogens is 256 g/mol. The fourth-order valence-electron chi connectivity index (χ4n) is 1.86. The predicted molar refractivity (Wildman–Crippen MR) is 74.6 cm³/mol. The van der Waals surface area contributed by atoms with Gasteiger partial charge in [0.25, 0.3) is 5.91 Å². The minimum atomic E-state index is -0.351. The van der Waals surface area contributed by atoms with E-state index in [9.17, 15) is 4.79 Å². The maximum Gasteiger partial charge on any atom is 0.268 e. The van der Waals surface area contributed by atoms with Gasteiger partial charge in [-0.3, -0.25) is 20.1 Å². The summed E-state index contributed by atoms with van der Waals surface area (Å²) in [5, 5.41) is 0. The lowest BCUT2D eigenvalue weighted by atomic mass is 10.2. The average Bonchev–Trinajstić information content (AvgIpc) is 2.94. The van der Waals surface area contributed by atoms with Crippen LogP contribution in [0.1, 0.15) is 21.8 Å². The molecule has 6 heteroatoms. The number of likely N-dealkylation sites (N-methyl/N-ethyl adjacent to an activating group) is 1. The number of nitrogens with zero attached hydrogens (tertiary/aromatic N) is 2. The Kier molecular flexibility index (Phi) is 4.86. The molecule has 1 amide bonds. The smallest absolute Gasteiger partial charge is 0.268 e. The lowest BCUT2D eigenvalue weighted by molar-refractivity contribution is 0.0953. The minimum absolute atomic E-state index is 0.351. The summed E-state index contributed by atoms with van der Waals surface area (Å²) in [6, 6.07) is 7.58. The summed E-state index contributed by atoms with van der Waals surface area (Å²) in [6.07, 6.45) is 4.07. The van der Waals surface area contributed by atoms with E-state index in [1.54, 1.807) is 12.3 Å². The largest absolute Gasteiger partial charge is 0.467 e. The first kappa shape index (κ1) is 14.2. The average molecular weight is 274 g/mol. The number of pyridine rings is 1. The van der Waals surface area contributed by atoms with Gasteiger partial charge in [-0.1, -0.05) is 6.07 Å². The maximum atomic E-state index is 11.3. The van der Waals surface area contributed by atoms with Crippen molar-refractivity contribution < 1.29 is 9.21 Å². The molecule has 0 aliphatic rings. The Balaban J connectivity index is 1.83. The van der Waals surface area contributed by atoms with Gasteiger partial charge >= 0.3 is 0 Å². The second kappa shape index (κ2) is 6.83. The first-order valence-corrected chi connectivity index (χ1v) is 6.36.